The van der Waals surface area contributed by atoms with Gasteiger partial charge in [0.05, 0.1) is 10.2 Å². The molecule has 1 N–H and O–H groups in total. The van der Waals surface area contributed by atoms with Crippen molar-refractivity contribution in [3.63, 3.8) is 0 Å². The third-order valence-corrected chi connectivity index (χ3v) is 5.01. The largest absolute Gasteiger partial charge is 0.345 e. The monoisotopic (exact) mass is 332 g/mol. The van der Waals surface area contributed by atoms with Gasteiger partial charge in [0, 0.05) is 31.7 Å². The normalized spacial score (nSPS) is 16.0. The fourth-order valence-corrected chi connectivity index (χ4v) is 3.81. The highest BCUT2D eigenvalue weighted by atomic mass is 32.1. The van der Waals surface area contributed by atoms with Crippen LogP contribution >= 0.6 is 11.3 Å². The number of hydrogen-bond acceptors (Lipinski definition) is 4. The summed E-state index contributed by atoms with van der Waals surface area (Å²) in [4.78, 5) is 21.2. The first-order valence-corrected chi connectivity index (χ1v) is 8.83. The van der Waals surface area contributed by atoms with Crippen LogP contribution in [0.3, 0.4) is 0 Å². The molecule has 0 spiro atoms. The number of nitrogens with zero attached hydrogens (tertiary/aromatic N) is 3. The van der Waals surface area contributed by atoms with E-state index in [0.717, 1.165) is 36.8 Å². The number of carbonyl (C=O) groups is 1. The predicted octanol–water partition coefficient (Wildman–Crippen LogP) is 3.23. The minimum Gasteiger partial charge on any atom is -0.345 e. The Morgan fingerprint density at radius 1 is 1.22 bits per heavy atom. The first-order valence-electron chi connectivity index (χ1n) is 8.02. The molecule has 6 heteroatoms. The third kappa shape index (κ3) is 3.58. The highest BCUT2D eigenvalue weighted by Gasteiger charge is 2.25. The number of benzene rings is 1. The molecular formula is C17H24N4OS. The molecule has 2 aromatic rings. The summed E-state index contributed by atoms with van der Waals surface area (Å²) in [5.74, 6) is 0. The number of fused-ring (bicyclic) bond motifs is 1. The predicted molar refractivity (Wildman–Crippen MR) is 96.4 cm³/mol. The molecule has 0 bridgehead atoms. The number of amides is 2. The molecule has 1 fully saturated rings. The highest BCUT2D eigenvalue weighted by Crippen LogP contribution is 2.30. The smallest absolute Gasteiger partial charge is 0.317 e. The molecule has 2 amide bonds. The SMILES string of the molecule is Cc1cccc2sc(N3CCN(C(=O)NC(C)(C)C)CC3)nc12. The van der Waals surface area contributed by atoms with Gasteiger partial charge in [0.25, 0.3) is 0 Å². The van der Waals surface area contributed by atoms with E-state index in [2.05, 4.69) is 35.3 Å². The number of rotatable bonds is 1. The molecule has 1 saturated heterocycles. The van der Waals surface area contributed by atoms with Crippen LogP contribution in [0.2, 0.25) is 0 Å². The first-order chi connectivity index (χ1) is 10.8. The molecular weight excluding hydrogens is 308 g/mol. The van der Waals surface area contributed by atoms with Crippen LogP contribution in [0.15, 0.2) is 18.2 Å². The average Bonchev–Trinajstić information content (AvgIpc) is 2.91. The van der Waals surface area contributed by atoms with Crippen LogP contribution in [-0.2, 0) is 0 Å². The lowest BCUT2D eigenvalue weighted by Crippen LogP contribution is -2.55. The third-order valence-electron chi connectivity index (χ3n) is 3.93. The second-order valence-electron chi connectivity index (χ2n) is 7.07. The van der Waals surface area contributed by atoms with Crippen molar-refractivity contribution in [2.24, 2.45) is 0 Å². The molecule has 0 aliphatic carbocycles. The van der Waals surface area contributed by atoms with Crippen LogP contribution in [0.25, 0.3) is 10.2 Å². The summed E-state index contributed by atoms with van der Waals surface area (Å²) in [6.45, 7) is 11.2. The Balaban J connectivity index is 1.66. The van der Waals surface area contributed by atoms with Crippen molar-refractivity contribution in [2.45, 2.75) is 33.2 Å². The molecule has 0 radical (unpaired) electrons. The summed E-state index contributed by atoms with van der Waals surface area (Å²) in [5.41, 5.74) is 2.12. The first kappa shape index (κ1) is 16.1. The van der Waals surface area contributed by atoms with Crippen molar-refractivity contribution in [3.8, 4) is 0 Å². The Morgan fingerprint density at radius 3 is 2.52 bits per heavy atom. The van der Waals surface area contributed by atoms with Gasteiger partial charge in [-0.25, -0.2) is 9.78 Å². The van der Waals surface area contributed by atoms with Crippen molar-refractivity contribution in [3.05, 3.63) is 23.8 Å². The van der Waals surface area contributed by atoms with Gasteiger partial charge in [0.2, 0.25) is 0 Å². The lowest BCUT2D eigenvalue weighted by molar-refractivity contribution is 0.185. The molecule has 3 rings (SSSR count). The zero-order valence-corrected chi connectivity index (χ0v) is 15.0. The van der Waals surface area contributed by atoms with Gasteiger partial charge in [-0.1, -0.05) is 23.5 Å². The van der Waals surface area contributed by atoms with Crippen molar-refractivity contribution in [2.75, 3.05) is 31.1 Å². The molecule has 1 aromatic heterocycles. The average molecular weight is 332 g/mol. The van der Waals surface area contributed by atoms with Gasteiger partial charge >= 0.3 is 6.03 Å². The van der Waals surface area contributed by atoms with Gasteiger partial charge in [0.15, 0.2) is 5.13 Å². The maximum Gasteiger partial charge on any atom is 0.317 e. The van der Waals surface area contributed by atoms with E-state index in [-0.39, 0.29) is 11.6 Å². The number of urea groups is 1. The van der Waals surface area contributed by atoms with E-state index in [9.17, 15) is 4.79 Å². The molecule has 124 valence electrons. The number of anilines is 1. The second kappa shape index (κ2) is 6.00. The maximum atomic E-state index is 12.2. The Hall–Kier alpha value is -1.82. The van der Waals surface area contributed by atoms with Gasteiger partial charge in [0.1, 0.15) is 0 Å². The Morgan fingerprint density at radius 2 is 1.91 bits per heavy atom. The minimum absolute atomic E-state index is 0.0253. The Kier molecular flexibility index (Phi) is 4.19. The molecule has 5 nitrogen and oxygen atoms in total. The molecule has 0 saturated carbocycles. The number of carbonyl (C=O) groups excluding carboxylic acids is 1. The summed E-state index contributed by atoms with van der Waals surface area (Å²) < 4.78 is 1.23. The highest BCUT2D eigenvalue weighted by molar-refractivity contribution is 7.22. The van der Waals surface area contributed by atoms with Crippen molar-refractivity contribution in [1.82, 2.24) is 15.2 Å². The van der Waals surface area contributed by atoms with Gasteiger partial charge in [-0.15, -0.1) is 0 Å². The number of hydrogen-bond donors (Lipinski definition) is 1. The standard InChI is InChI=1S/C17H24N4OS/c1-12-6-5-7-13-14(12)18-16(23-13)21-10-8-20(9-11-21)15(22)19-17(2,3)4/h5-7H,8-11H2,1-4H3,(H,19,22). The fraction of sp³-hybridized carbons (Fsp3) is 0.529. The molecule has 23 heavy (non-hydrogen) atoms. The fourth-order valence-electron chi connectivity index (χ4n) is 2.71. The molecule has 0 unspecified atom stereocenters. The van der Waals surface area contributed by atoms with Crippen molar-refractivity contribution < 1.29 is 4.79 Å². The van der Waals surface area contributed by atoms with Crippen LogP contribution < -0.4 is 10.2 Å². The van der Waals surface area contributed by atoms with Gasteiger partial charge in [-0.3, -0.25) is 0 Å². The number of thiazole rings is 1. The van der Waals surface area contributed by atoms with E-state index in [1.165, 1.54) is 10.3 Å². The van der Waals surface area contributed by atoms with Crippen molar-refractivity contribution >= 4 is 32.7 Å². The van der Waals surface area contributed by atoms with Crippen LogP contribution in [-0.4, -0.2) is 47.6 Å². The zero-order chi connectivity index (χ0) is 16.6. The quantitative estimate of drug-likeness (QED) is 0.872. The molecule has 1 aliphatic rings. The summed E-state index contributed by atoms with van der Waals surface area (Å²) >= 11 is 1.73. The summed E-state index contributed by atoms with van der Waals surface area (Å²) in [5, 5.41) is 4.09. The number of aromatic nitrogens is 1. The van der Waals surface area contributed by atoms with E-state index in [1.807, 2.05) is 25.7 Å². The van der Waals surface area contributed by atoms with E-state index in [1.54, 1.807) is 11.3 Å². The molecule has 1 aromatic carbocycles. The van der Waals surface area contributed by atoms with E-state index >= 15 is 0 Å². The van der Waals surface area contributed by atoms with E-state index in [0.29, 0.717) is 0 Å². The summed E-state index contributed by atoms with van der Waals surface area (Å²) in [6.07, 6.45) is 0. The summed E-state index contributed by atoms with van der Waals surface area (Å²) in [6, 6.07) is 6.32. The number of para-hydroxylation sites is 1. The summed E-state index contributed by atoms with van der Waals surface area (Å²) in [7, 11) is 0. The van der Waals surface area contributed by atoms with Crippen molar-refractivity contribution in [1.29, 1.82) is 0 Å². The van der Waals surface area contributed by atoms with Gasteiger partial charge < -0.3 is 15.1 Å². The van der Waals surface area contributed by atoms with Crippen LogP contribution in [0.4, 0.5) is 9.93 Å². The Bertz CT molecular complexity index is 711. The van der Waals surface area contributed by atoms with Gasteiger partial charge in [-0.05, 0) is 39.3 Å². The van der Waals surface area contributed by atoms with Crippen LogP contribution in [0, 0.1) is 6.92 Å². The van der Waals surface area contributed by atoms with Gasteiger partial charge in [-0.2, -0.15) is 0 Å². The number of aryl methyl sites for hydroxylation is 1. The lowest BCUT2D eigenvalue weighted by atomic mass is 10.1. The Labute approximate surface area is 141 Å². The van der Waals surface area contributed by atoms with E-state index < -0.39 is 0 Å². The topological polar surface area (TPSA) is 48.5 Å². The number of piperazine rings is 1. The van der Waals surface area contributed by atoms with E-state index in [4.69, 9.17) is 4.98 Å². The molecule has 0 atom stereocenters. The number of nitrogens with one attached hydrogen (secondary N) is 1. The van der Waals surface area contributed by atoms with Crippen LogP contribution in [0.5, 0.6) is 0 Å². The van der Waals surface area contributed by atoms with Crippen LogP contribution in [0.1, 0.15) is 26.3 Å². The molecule has 2 heterocycles. The lowest BCUT2D eigenvalue weighted by Gasteiger charge is -2.36. The maximum absolute atomic E-state index is 12.2. The minimum atomic E-state index is -0.196. The second-order valence-corrected chi connectivity index (χ2v) is 8.08. The molecule has 1 aliphatic heterocycles. The zero-order valence-electron chi connectivity index (χ0n) is 14.2.